The van der Waals surface area contributed by atoms with Gasteiger partial charge in [0, 0.05) is 49.2 Å². The molecule has 0 saturated carbocycles. The first kappa shape index (κ1) is 29.6. The minimum Gasteiger partial charge on any atom is -0.455 e. The number of anilines is 1. The number of para-hydroxylation sites is 1. The lowest BCUT2D eigenvalue weighted by Crippen LogP contribution is -2.25. The van der Waals surface area contributed by atoms with Crippen LogP contribution in [0.2, 0.25) is 0 Å². The van der Waals surface area contributed by atoms with Gasteiger partial charge in [0.05, 0.1) is 57.6 Å². The number of fused-ring (bicyclic) bond motifs is 6. The van der Waals surface area contributed by atoms with Gasteiger partial charge in [-0.2, -0.15) is 5.10 Å². The molecule has 1 amide bonds. The lowest BCUT2D eigenvalue weighted by atomic mass is 9.99. The van der Waals surface area contributed by atoms with Crippen LogP contribution in [0.3, 0.4) is 0 Å². The number of rotatable bonds is 6. The molecule has 48 heavy (non-hydrogen) atoms. The first-order valence-electron chi connectivity index (χ1n) is 15.3. The highest BCUT2D eigenvalue weighted by Gasteiger charge is 2.28. The average Bonchev–Trinajstić information content (AvgIpc) is 3.83. The molecule has 1 N–H and O–H groups in total. The van der Waals surface area contributed by atoms with E-state index < -0.39 is 10.0 Å². The summed E-state index contributed by atoms with van der Waals surface area (Å²) in [6, 6.07) is 23.6. The molecule has 0 fully saturated rings. The van der Waals surface area contributed by atoms with E-state index in [1.165, 1.54) is 24.5 Å². The Morgan fingerprint density at radius 2 is 1.83 bits per heavy atom. The predicted molar refractivity (Wildman–Crippen MR) is 183 cm³/mol. The van der Waals surface area contributed by atoms with Crippen molar-refractivity contribution in [2.45, 2.75) is 13.0 Å². The number of nitrogens with one attached hydrogen (secondary N) is 1. The number of sulfonamides is 1. The minimum atomic E-state index is -3.72. The van der Waals surface area contributed by atoms with Crippen LogP contribution in [-0.4, -0.2) is 54.0 Å². The average molecular weight is 661 g/mol. The van der Waals surface area contributed by atoms with Crippen LogP contribution >= 0.6 is 0 Å². The molecule has 0 unspecified atom stereocenters. The van der Waals surface area contributed by atoms with Crippen molar-refractivity contribution >= 4 is 43.5 Å². The smallest absolute Gasteiger partial charge is 0.255 e. The van der Waals surface area contributed by atoms with Crippen LogP contribution in [-0.2, 0) is 23.0 Å². The Hall–Kier alpha value is -5.75. The van der Waals surface area contributed by atoms with Crippen LogP contribution in [0.15, 0.2) is 95.7 Å². The van der Waals surface area contributed by atoms with Gasteiger partial charge >= 0.3 is 0 Å². The summed E-state index contributed by atoms with van der Waals surface area (Å²) in [5.74, 6) is -0.390. The van der Waals surface area contributed by atoms with Crippen LogP contribution in [0.4, 0.5) is 10.1 Å². The SMILES string of the molecule is CNC(=O)c1c(-c2cnn(-c3ccccc3)c2)oc2cc(N(C)S(C)(=O)=O)c(-c3ccc4c(n3)-c3cc5c(F)cccc5n3CC4)cc12. The van der Waals surface area contributed by atoms with Gasteiger partial charge < -0.3 is 14.3 Å². The fraction of sp³-hybridized carbons (Fsp3) is 0.139. The molecule has 8 rings (SSSR count). The maximum atomic E-state index is 14.8. The molecule has 1 aliphatic rings. The van der Waals surface area contributed by atoms with E-state index in [1.54, 1.807) is 35.3 Å². The largest absolute Gasteiger partial charge is 0.455 e. The third-order valence-electron chi connectivity index (χ3n) is 8.96. The van der Waals surface area contributed by atoms with E-state index >= 15 is 0 Å². The van der Waals surface area contributed by atoms with Crippen molar-refractivity contribution in [3.8, 4) is 39.7 Å². The van der Waals surface area contributed by atoms with Gasteiger partial charge in [0.2, 0.25) is 10.0 Å². The van der Waals surface area contributed by atoms with Gasteiger partial charge in [0.15, 0.2) is 5.76 Å². The van der Waals surface area contributed by atoms with Gasteiger partial charge in [0.25, 0.3) is 5.91 Å². The number of hydrogen-bond acceptors (Lipinski definition) is 6. The monoisotopic (exact) mass is 660 g/mol. The molecule has 12 heteroatoms. The molecule has 4 aromatic heterocycles. The lowest BCUT2D eigenvalue weighted by molar-refractivity contribution is 0.0964. The second kappa shape index (κ2) is 10.9. The van der Waals surface area contributed by atoms with E-state index in [-0.39, 0.29) is 17.3 Å². The summed E-state index contributed by atoms with van der Waals surface area (Å²) in [7, 11) is -0.717. The summed E-state index contributed by atoms with van der Waals surface area (Å²) in [5.41, 5.74) is 6.56. The summed E-state index contributed by atoms with van der Waals surface area (Å²) in [6.07, 6.45) is 5.22. The number of benzene rings is 3. The first-order chi connectivity index (χ1) is 23.1. The number of carbonyl (C=O) groups excluding carboxylic acids is 1. The van der Waals surface area contributed by atoms with E-state index in [0.717, 1.165) is 28.7 Å². The number of pyridine rings is 1. The van der Waals surface area contributed by atoms with E-state index in [0.29, 0.717) is 63.3 Å². The summed E-state index contributed by atoms with van der Waals surface area (Å²) in [4.78, 5) is 18.5. The molecule has 1 aliphatic heterocycles. The van der Waals surface area contributed by atoms with Gasteiger partial charge in [-0.15, -0.1) is 0 Å². The number of halogens is 1. The number of amides is 1. The molecule has 0 saturated heterocycles. The van der Waals surface area contributed by atoms with Crippen molar-refractivity contribution in [3.05, 3.63) is 108 Å². The Labute approximate surface area is 275 Å². The molecular weight excluding hydrogens is 631 g/mol. The second-order valence-electron chi connectivity index (χ2n) is 11.8. The normalized spacial score (nSPS) is 12.7. The minimum absolute atomic E-state index is 0.281. The van der Waals surface area contributed by atoms with E-state index in [9.17, 15) is 17.6 Å². The van der Waals surface area contributed by atoms with Crippen molar-refractivity contribution in [1.29, 1.82) is 0 Å². The van der Waals surface area contributed by atoms with Gasteiger partial charge in [0.1, 0.15) is 11.4 Å². The summed E-state index contributed by atoms with van der Waals surface area (Å²) < 4.78 is 51.9. The zero-order valence-corrected chi connectivity index (χ0v) is 27.0. The van der Waals surface area contributed by atoms with Gasteiger partial charge in [-0.1, -0.05) is 30.3 Å². The molecule has 7 aromatic rings. The Morgan fingerprint density at radius 3 is 2.60 bits per heavy atom. The summed E-state index contributed by atoms with van der Waals surface area (Å²) in [6.45, 7) is 0.679. The fourth-order valence-electron chi connectivity index (χ4n) is 6.47. The molecule has 0 radical (unpaired) electrons. The van der Waals surface area contributed by atoms with Crippen LogP contribution in [0.5, 0.6) is 0 Å². The highest BCUT2D eigenvalue weighted by Crippen LogP contribution is 2.42. The number of aromatic nitrogens is 4. The van der Waals surface area contributed by atoms with E-state index in [4.69, 9.17) is 9.40 Å². The Balaban J connectivity index is 1.35. The summed E-state index contributed by atoms with van der Waals surface area (Å²) >= 11 is 0. The maximum absolute atomic E-state index is 14.8. The predicted octanol–water partition coefficient (Wildman–Crippen LogP) is 6.42. The Kier molecular flexibility index (Phi) is 6.74. The van der Waals surface area contributed by atoms with Crippen LogP contribution in [0.25, 0.3) is 61.5 Å². The third kappa shape index (κ3) is 4.67. The number of nitrogens with zero attached hydrogens (tertiary/aromatic N) is 5. The van der Waals surface area contributed by atoms with E-state index in [2.05, 4.69) is 15.0 Å². The number of carbonyl (C=O) groups is 1. The standard InChI is InChI=1S/C36H29FN6O4S/c1-38-36(44)33-26-16-25(28-13-12-21-14-15-42-29-11-7-10-27(37)24(29)17-31(42)34(21)40-28)30(41(2)48(3,45)46)18-32(26)47-35(33)22-19-39-43(20-22)23-8-5-4-6-9-23/h4-13,16-20H,14-15H2,1-3H3,(H,38,44). The molecule has 0 bridgehead atoms. The van der Waals surface area contributed by atoms with Gasteiger partial charge in [-0.25, -0.2) is 22.5 Å². The van der Waals surface area contributed by atoms with Crippen LogP contribution in [0.1, 0.15) is 15.9 Å². The first-order valence-corrected chi connectivity index (χ1v) is 17.1. The highest BCUT2D eigenvalue weighted by molar-refractivity contribution is 7.92. The molecule has 10 nitrogen and oxygen atoms in total. The van der Waals surface area contributed by atoms with Gasteiger partial charge in [-0.3, -0.25) is 9.10 Å². The van der Waals surface area contributed by atoms with Crippen molar-refractivity contribution in [2.75, 3.05) is 24.7 Å². The highest BCUT2D eigenvalue weighted by atomic mass is 32.2. The van der Waals surface area contributed by atoms with E-state index in [1.807, 2.05) is 54.6 Å². The summed E-state index contributed by atoms with van der Waals surface area (Å²) in [5, 5.41) is 8.20. The molecule has 5 heterocycles. The maximum Gasteiger partial charge on any atom is 0.255 e. The zero-order chi connectivity index (χ0) is 33.3. The van der Waals surface area contributed by atoms with Crippen molar-refractivity contribution < 1.29 is 22.0 Å². The molecule has 0 spiro atoms. The van der Waals surface area contributed by atoms with Crippen molar-refractivity contribution in [1.82, 2.24) is 24.6 Å². The Bertz CT molecular complexity index is 2530. The van der Waals surface area contributed by atoms with Crippen molar-refractivity contribution in [2.24, 2.45) is 0 Å². The lowest BCUT2D eigenvalue weighted by Gasteiger charge is -2.23. The topological polar surface area (TPSA) is 115 Å². The number of hydrogen-bond donors (Lipinski definition) is 1. The third-order valence-corrected chi connectivity index (χ3v) is 10.1. The fourth-order valence-corrected chi connectivity index (χ4v) is 6.98. The molecule has 240 valence electrons. The number of aryl methyl sites for hydroxylation is 2. The zero-order valence-electron chi connectivity index (χ0n) is 26.2. The molecular formula is C36H29FN6O4S. The molecule has 0 atom stereocenters. The van der Waals surface area contributed by atoms with Crippen molar-refractivity contribution in [3.63, 3.8) is 0 Å². The van der Waals surface area contributed by atoms with Crippen LogP contribution in [0, 0.1) is 5.82 Å². The van der Waals surface area contributed by atoms with Crippen LogP contribution < -0.4 is 9.62 Å². The second-order valence-corrected chi connectivity index (χ2v) is 13.8. The van der Waals surface area contributed by atoms with Gasteiger partial charge in [-0.05, 0) is 54.4 Å². The Morgan fingerprint density at radius 1 is 1.02 bits per heavy atom. The molecule has 3 aromatic carbocycles. The molecule has 0 aliphatic carbocycles. The number of furan rings is 1. The quantitative estimate of drug-likeness (QED) is 0.220.